The van der Waals surface area contributed by atoms with Gasteiger partial charge in [-0.2, -0.15) is 0 Å². The number of ether oxygens (including phenoxy) is 2. The van der Waals surface area contributed by atoms with Gasteiger partial charge in [0.05, 0.1) is 23.3 Å². The standard InChI is InChI=1S/C23H22ClN5O4S/c1-15-17(24)4-3-5-20(15)34(30,31)27-22-23(29-9-8-25-21(29)13-26-22)33-14-16-6-7-18-19(12-16)32-11-10-28(18)2/h3-9,12-13,27H,10-11,14H2,1-2H3. The lowest BCUT2D eigenvalue weighted by molar-refractivity contribution is 0.286. The van der Waals surface area contributed by atoms with Gasteiger partial charge in [-0.05, 0) is 42.3 Å². The lowest BCUT2D eigenvalue weighted by atomic mass is 10.1. The van der Waals surface area contributed by atoms with Gasteiger partial charge in [0.2, 0.25) is 11.7 Å². The van der Waals surface area contributed by atoms with Crippen LogP contribution in [0.15, 0.2) is 59.9 Å². The van der Waals surface area contributed by atoms with E-state index in [0.29, 0.717) is 22.8 Å². The van der Waals surface area contributed by atoms with E-state index in [1.807, 2.05) is 25.2 Å². The molecule has 11 heteroatoms. The molecule has 0 bridgehead atoms. The van der Waals surface area contributed by atoms with Gasteiger partial charge in [0.1, 0.15) is 19.0 Å². The van der Waals surface area contributed by atoms with Crippen LogP contribution < -0.4 is 19.1 Å². The molecule has 0 amide bonds. The second-order valence-electron chi connectivity index (χ2n) is 7.90. The predicted molar refractivity (Wildman–Crippen MR) is 130 cm³/mol. The average Bonchev–Trinajstić information content (AvgIpc) is 3.29. The Kier molecular flexibility index (Phi) is 5.70. The molecular weight excluding hydrogens is 478 g/mol. The number of anilines is 2. The molecule has 0 spiro atoms. The van der Waals surface area contributed by atoms with Gasteiger partial charge in [0.15, 0.2) is 5.65 Å². The Morgan fingerprint density at radius 3 is 2.94 bits per heavy atom. The molecule has 3 heterocycles. The number of aromatic nitrogens is 3. The molecule has 0 unspecified atom stereocenters. The molecule has 9 nitrogen and oxygen atoms in total. The minimum Gasteiger partial charge on any atom is -0.490 e. The zero-order valence-electron chi connectivity index (χ0n) is 18.5. The lowest BCUT2D eigenvalue weighted by Gasteiger charge is -2.28. The summed E-state index contributed by atoms with van der Waals surface area (Å²) >= 11 is 6.14. The van der Waals surface area contributed by atoms with Crippen molar-refractivity contribution in [2.75, 3.05) is 29.8 Å². The Bertz CT molecular complexity index is 1490. The van der Waals surface area contributed by atoms with Crippen molar-refractivity contribution in [3.05, 3.63) is 71.1 Å². The number of likely N-dealkylation sites (N-methyl/N-ethyl adjacent to an activating group) is 1. The topological polar surface area (TPSA) is 98.1 Å². The summed E-state index contributed by atoms with van der Waals surface area (Å²) in [5.41, 5.74) is 2.85. The van der Waals surface area contributed by atoms with Crippen LogP contribution in [0.25, 0.3) is 5.65 Å². The summed E-state index contributed by atoms with van der Waals surface area (Å²) in [7, 11) is -1.96. The number of benzene rings is 2. The van der Waals surface area contributed by atoms with Gasteiger partial charge in [-0.15, -0.1) is 0 Å². The van der Waals surface area contributed by atoms with Crippen molar-refractivity contribution in [1.82, 2.24) is 14.4 Å². The van der Waals surface area contributed by atoms with Gasteiger partial charge in [-0.3, -0.25) is 9.12 Å². The van der Waals surface area contributed by atoms with Gasteiger partial charge in [-0.1, -0.05) is 23.7 Å². The summed E-state index contributed by atoms with van der Waals surface area (Å²) in [6.45, 7) is 3.26. The van der Waals surface area contributed by atoms with Crippen molar-refractivity contribution in [3.63, 3.8) is 0 Å². The summed E-state index contributed by atoms with van der Waals surface area (Å²) < 4.78 is 42.4. The maximum absolute atomic E-state index is 13.2. The summed E-state index contributed by atoms with van der Waals surface area (Å²) in [5, 5.41) is 0.359. The van der Waals surface area contributed by atoms with Crippen LogP contribution in [0.5, 0.6) is 11.6 Å². The zero-order chi connectivity index (χ0) is 23.9. The first-order chi connectivity index (χ1) is 16.3. The van der Waals surface area contributed by atoms with Crippen LogP contribution in [0.1, 0.15) is 11.1 Å². The third kappa shape index (κ3) is 4.10. The van der Waals surface area contributed by atoms with Crippen molar-refractivity contribution in [1.29, 1.82) is 0 Å². The van der Waals surface area contributed by atoms with Gasteiger partial charge >= 0.3 is 0 Å². The zero-order valence-corrected chi connectivity index (χ0v) is 20.1. The van der Waals surface area contributed by atoms with E-state index in [1.54, 1.807) is 35.9 Å². The highest BCUT2D eigenvalue weighted by Crippen LogP contribution is 2.33. The fraction of sp³-hybridized carbons (Fsp3) is 0.217. The summed E-state index contributed by atoms with van der Waals surface area (Å²) in [4.78, 5) is 10.7. The van der Waals surface area contributed by atoms with Gasteiger partial charge in [0.25, 0.3) is 10.0 Å². The van der Waals surface area contributed by atoms with E-state index < -0.39 is 10.0 Å². The van der Waals surface area contributed by atoms with E-state index in [0.717, 1.165) is 23.5 Å². The number of halogens is 1. The molecule has 34 heavy (non-hydrogen) atoms. The van der Waals surface area contributed by atoms with Crippen LogP contribution in [0.4, 0.5) is 11.5 Å². The summed E-state index contributed by atoms with van der Waals surface area (Å²) in [5.74, 6) is 1.04. The Labute approximate surface area is 202 Å². The first-order valence-electron chi connectivity index (χ1n) is 10.5. The van der Waals surface area contributed by atoms with E-state index in [2.05, 4.69) is 19.6 Å². The molecule has 0 atom stereocenters. The molecule has 0 saturated carbocycles. The SMILES string of the molecule is Cc1c(Cl)cccc1S(=O)(=O)Nc1ncc2nccn2c1OCc1ccc2c(c1)OCCN2C. The second-order valence-corrected chi connectivity index (χ2v) is 9.95. The molecule has 0 aliphatic carbocycles. The molecule has 0 saturated heterocycles. The molecule has 0 radical (unpaired) electrons. The molecule has 1 aliphatic heterocycles. The number of hydrogen-bond acceptors (Lipinski definition) is 7. The van der Waals surface area contributed by atoms with E-state index in [9.17, 15) is 8.42 Å². The van der Waals surface area contributed by atoms with Crippen LogP contribution >= 0.6 is 11.6 Å². The number of sulfonamides is 1. The smallest absolute Gasteiger partial charge is 0.263 e. The average molecular weight is 500 g/mol. The normalized spacial score (nSPS) is 13.4. The highest BCUT2D eigenvalue weighted by atomic mass is 35.5. The highest BCUT2D eigenvalue weighted by molar-refractivity contribution is 7.92. The molecule has 1 N–H and O–H groups in total. The van der Waals surface area contributed by atoms with Crippen LogP contribution in [0.2, 0.25) is 5.02 Å². The number of nitrogens with one attached hydrogen (secondary N) is 1. The third-order valence-electron chi connectivity index (χ3n) is 5.63. The van der Waals surface area contributed by atoms with Crippen LogP contribution in [0.3, 0.4) is 0 Å². The minimum atomic E-state index is -3.98. The maximum atomic E-state index is 13.2. The Morgan fingerprint density at radius 2 is 2.09 bits per heavy atom. The largest absolute Gasteiger partial charge is 0.490 e. The summed E-state index contributed by atoms with van der Waals surface area (Å²) in [6, 6.07) is 10.6. The van der Waals surface area contributed by atoms with Gasteiger partial charge in [0, 0.05) is 24.5 Å². The Balaban J connectivity index is 1.47. The quantitative estimate of drug-likeness (QED) is 0.429. The van der Waals surface area contributed by atoms with Crippen molar-refractivity contribution < 1.29 is 17.9 Å². The number of fused-ring (bicyclic) bond motifs is 2. The molecule has 5 rings (SSSR count). The second kappa shape index (κ2) is 8.69. The fourth-order valence-electron chi connectivity index (χ4n) is 3.79. The molecule has 1 aliphatic rings. The van der Waals surface area contributed by atoms with Crippen LogP contribution in [-0.4, -0.2) is 43.0 Å². The number of nitrogens with zero attached hydrogens (tertiary/aromatic N) is 4. The van der Waals surface area contributed by atoms with Crippen molar-refractivity contribution in [3.8, 4) is 11.6 Å². The predicted octanol–water partition coefficient (Wildman–Crippen LogP) is 3.90. The van der Waals surface area contributed by atoms with Crippen molar-refractivity contribution in [2.24, 2.45) is 0 Å². The maximum Gasteiger partial charge on any atom is 0.263 e. The molecule has 0 fully saturated rings. The van der Waals surface area contributed by atoms with Gasteiger partial charge in [-0.25, -0.2) is 18.4 Å². The fourth-order valence-corrected chi connectivity index (χ4v) is 5.29. The molecule has 4 aromatic rings. The Hall–Kier alpha value is -3.50. The minimum absolute atomic E-state index is 0.0406. The first kappa shape index (κ1) is 22.3. The third-order valence-corrected chi connectivity index (χ3v) is 7.53. The van der Waals surface area contributed by atoms with Crippen LogP contribution in [0, 0.1) is 6.92 Å². The number of imidazole rings is 1. The van der Waals surface area contributed by atoms with Crippen molar-refractivity contribution in [2.45, 2.75) is 18.4 Å². The number of rotatable bonds is 6. The summed E-state index contributed by atoms with van der Waals surface area (Å²) in [6.07, 6.45) is 4.74. The first-order valence-corrected chi connectivity index (χ1v) is 12.4. The number of hydrogen-bond donors (Lipinski definition) is 1. The van der Waals surface area contributed by atoms with E-state index in [4.69, 9.17) is 21.1 Å². The van der Waals surface area contributed by atoms with Crippen LogP contribution in [-0.2, 0) is 16.6 Å². The van der Waals surface area contributed by atoms with E-state index in [-0.39, 0.29) is 23.2 Å². The Morgan fingerprint density at radius 1 is 1.24 bits per heavy atom. The molecule has 176 valence electrons. The molecular formula is C23H22ClN5O4S. The molecule has 2 aromatic carbocycles. The highest BCUT2D eigenvalue weighted by Gasteiger charge is 2.23. The monoisotopic (exact) mass is 499 g/mol. The van der Waals surface area contributed by atoms with E-state index in [1.165, 1.54) is 12.3 Å². The van der Waals surface area contributed by atoms with E-state index >= 15 is 0 Å². The van der Waals surface area contributed by atoms with Gasteiger partial charge < -0.3 is 14.4 Å². The van der Waals surface area contributed by atoms with Crippen molar-refractivity contribution >= 4 is 38.8 Å². The lowest BCUT2D eigenvalue weighted by Crippen LogP contribution is -2.28. The molecule has 2 aromatic heterocycles.